The topological polar surface area (TPSA) is 108 Å². The molecular weight excluding hydrogens is 462 g/mol. The van der Waals surface area contributed by atoms with Crippen molar-refractivity contribution in [3.05, 3.63) is 120 Å². The standard InChI is InChI=1S/C27H21N3O4S/c31-25(21-10-4-5-11-22(21)27(33)34)29-19-13-15-20(16-14-19)35-24(18-8-2-1-3-9-18)26(32)30-23-12-6-7-17-28-23/h1-17,24H,(H,29,31)(H,33,34)(H,28,30,32). The van der Waals surface area contributed by atoms with Crippen LogP contribution in [0.15, 0.2) is 108 Å². The zero-order chi connectivity index (χ0) is 24.6. The van der Waals surface area contributed by atoms with Crippen molar-refractivity contribution in [2.45, 2.75) is 10.1 Å². The first kappa shape index (κ1) is 23.7. The molecule has 7 nitrogen and oxygen atoms in total. The van der Waals surface area contributed by atoms with E-state index >= 15 is 0 Å². The van der Waals surface area contributed by atoms with Gasteiger partial charge in [0.1, 0.15) is 11.1 Å². The van der Waals surface area contributed by atoms with E-state index in [0.29, 0.717) is 11.5 Å². The summed E-state index contributed by atoms with van der Waals surface area (Å²) >= 11 is 1.37. The van der Waals surface area contributed by atoms with Gasteiger partial charge in [-0.15, -0.1) is 11.8 Å². The fourth-order valence-electron chi connectivity index (χ4n) is 3.35. The highest BCUT2D eigenvalue weighted by Crippen LogP contribution is 2.36. The Balaban J connectivity index is 1.49. The number of carboxylic acid groups (broad SMARTS) is 1. The van der Waals surface area contributed by atoms with Gasteiger partial charge in [0.15, 0.2) is 0 Å². The van der Waals surface area contributed by atoms with Crippen molar-refractivity contribution in [3.63, 3.8) is 0 Å². The minimum atomic E-state index is -1.17. The third-order valence-electron chi connectivity index (χ3n) is 5.02. The minimum Gasteiger partial charge on any atom is -0.478 e. The predicted molar refractivity (Wildman–Crippen MR) is 136 cm³/mol. The lowest BCUT2D eigenvalue weighted by Crippen LogP contribution is -2.19. The first-order valence-corrected chi connectivity index (χ1v) is 11.6. The summed E-state index contributed by atoms with van der Waals surface area (Å²) in [5.41, 5.74) is 1.36. The van der Waals surface area contributed by atoms with Crippen LogP contribution in [0.3, 0.4) is 0 Å². The van der Waals surface area contributed by atoms with E-state index < -0.39 is 17.1 Å². The molecule has 4 rings (SSSR count). The second-order valence-corrected chi connectivity index (χ2v) is 8.62. The van der Waals surface area contributed by atoms with Crippen molar-refractivity contribution < 1.29 is 19.5 Å². The Morgan fingerprint density at radius 3 is 2.06 bits per heavy atom. The summed E-state index contributed by atoms with van der Waals surface area (Å²) in [6.45, 7) is 0. The molecule has 4 aromatic rings. The Morgan fingerprint density at radius 2 is 1.40 bits per heavy atom. The Hall–Kier alpha value is -4.43. The molecule has 1 unspecified atom stereocenters. The van der Waals surface area contributed by atoms with E-state index in [0.717, 1.165) is 10.5 Å². The number of pyridine rings is 1. The molecule has 0 fully saturated rings. The van der Waals surface area contributed by atoms with Crippen LogP contribution < -0.4 is 10.6 Å². The van der Waals surface area contributed by atoms with E-state index in [1.165, 1.54) is 23.9 Å². The summed E-state index contributed by atoms with van der Waals surface area (Å²) in [6.07, 6.45) is 1.61. The van der Waals surface area contributed by atoms with Gasteiger partial charge in [0.2, 0.25) is 5.91 Å². The second kappa shape index (κ2) is 11.1. The highest BCUT2D eigenvalue weighted by molar-refractivity contribution is 8.00. The van der Waals surface area contributed by atoms with Crippen LogP contribution in [0.2, 0.25) is 0 Å². The number of amides is 2. The lowest BCUT2D eigenvalue weighted by Gasteiger charge is -2.17. The van der Waals surface area contributed by atoms with Crippen LogP contribution in [0.4, 0.5) is 11.5 Å². The number of carbonyl (C=O) groups excluding carboxylic acids is 2. The third-order valence-corrected chi connectivity index (χ3v) is 6.29. The number of aromatic carboxylic acids is 1. The largest absolute Gasteiger partial charge is 0.478 e. The van der Waals surface area contributed by atoms with E-state index in [1.54, 1.807) is 60.8 Å². The van der Waals surface area contributed by atoms with Crippen molar-refractivity contribution in [2.75, 3.05) is 10.6 Å². The molecule has 35 heavy (non-hydrogen) atoms. The lowest BCUT2D eigenvalue weighted by atomic mass is 10.1. The fourth-order valence-corrected chi connectivity index (χ4v) is 4.37. The second-order valence-electron chi connectivity index (χ2n) is 7.44. The monoisotopic (exact) mass is 483 g/mol. The summed E-state index contributed by atoms with van der Waals surface area (Å²) in [4.78, 5) is 42.1. The molecule has 0 saturated heterocycles. The van der Waals surface area contributed by atoms with E-state index in [9.17, 15) is 19.5 Å². The molecule has 3 N–H and O–H groups in total. The van der Waals surface area contributed by atoms with Gasteiger partial charge < -0.3 is 15.7 Å². The van der Waals surface area contributed by atoms with Crippen LogP contribution in [0.1, 0.15) is 31.5 Å². The van der Waals surface area contributed by atoms with Gasteiger partial charge in [-0.1, -0.05) is 48.5 Å². The molecule has 2 amide bonds. The third kappa shape index (κ3) is 6.13. The maximum absolute atomic E-state index is 13.1. The number of rotatable bonds is 8. The SMILES string of the molecule is O=C(O)c1ccccc1C(=O)Nc1ccc(SC(C(=O)Nc2ccccn2)c2ccccc2)cc1. The molecule has 174 valence electrons. The van der Waals surface area contributed by atoms with Crippen LogP contribution in [-0.4, -0.2) is 27.9 Å². The summed E-state index contributed by atoms with van der Waals surface area (Å²) in [7, 11) is 0. The zero-order valence-electron chi connectivity index (χ0n) is 18.4. The quantitative estimate of drug-likeness (QED) is 0.286. The molecule has 0 aliphatic carbocycles. The molecule has 8 heteroatoms. The van der Waals surface area contributed by atoms with Gasteiger partial charge in [0.05, 0.1) is 11.1 Å². The number of nitrogens with zero attached hydrogens (tertiary/aromatic N) is 1. The van der Waals surface area contributed by atoms with Crippen LogP contribution in [0.25, 0.3) is 0 Å². The molecule has 0 bridgehead atoms. The van der Waals surface area contributed by atoms with Crippen molar-refractivity contribution >= 4 is 41.1 Å². The number of anilines is 2. The lowest BCUT2D eigenvalue weighted by molar-refractivity contribution is -0.115. The van der Waals surface area contributed by atoms with E-state index in [1.807, 2.05) is 30.3 Å². The predicted octanol–water partition coefficient (Wildman–Crippen LogP) is 5.50. The normalized spacial score (nSPS) is 11.3. The van der Waals surface area contributed by atoms with Crippen LogP contribution in [0, 0.1) is 0 Å². The van der Waals surface area contributed by atoms with Crippen LogP contribution >= 0.6 is 11.8 Å². The summed E-state index contributed by atoms with van der Waals surface area (Å²) < 4.78 is 0. The highest BCUT2D eigenvalue weighted by atomic mass is 32.2. The molecule has 0 aliphatic heterocycles. The first-order valence-electron chi connectivity index (χ1n) is 10.7. The number of benzene rings is 3. The van der Waals surface area contributed by atoms with Gasteiger partial charge in [-0.05, 0) is 54.1 Å². The summed E-state index contributed by atoms with van der Waals surface area (Å²) in [6, 6.07) is 27.8. The molecule has 0 radical (unpaired) electrons. The Bertz CT molecular complexity index is 1330. The van der Waals surface area contributed by atoms with E-state index in [-0.39, 0.29) is 17.0 Å². The molecule has 1 aromatic heterocycles. The molecule has 1 heterocycles. The molecule has 0 aliphatic rings. The average Bonchev–Trinajstić information content (AvgIpc) is 2.89. The first-order chi connectivity index (χ1) is 17.0. The molecule has 0 saturated carbocycles. The number of carbonyl (C=O) groups is 3. The van der Waals surface area contributed by atoms with Gasteiger partial charge >= 0.3 is 5.97 Å². The summed E-state index contributed by atoms with van der Waals surface area (Å²) in [5, 5.41) is 14.4. The van der Waals surface area contributed by atoms with Crippen LogP contribution in [-0.2, 0) is 4.79 Å². The Labute approximate surface area is 206 Å². The van der Waals surface area contributed by atoms with Gasteiger partial charge in [-0.25, -0.2) is 9.78 Å². The van der Waals surface area contributed by atoms with Gasteiger partial charge in [-0.2, -0.15) is 0 Å². The highest BCUT2D eigenvalue weighted by Gasteiger charge is 2.23. The number of hydrogen-bond acceptors (Lipinski definition) is 5. The molecular formula is C27H21N3O4S. The minimum absolute atomic E-state index is 0.0678. The maximum atomic E-state index is 13.1. The van der Waals surface area contributed by atoms with Crippen molar-refractivity contribution in [1.82, 2.24) is 4.98 Å². The Morgan fingerprint density at radius 1 is 0.743 bits per heavy atom. The fraction of sp³-hybridized carbons (Fsp3) is 0.0370. The van der Waals surface area contributed by atoms with E-state index in [4.69, 9.17) is 0 Å². The number of hydrogen-bond donors (Lipinski definition) is 3. The molecule has 3 aromatic carbocycles. The summed E-state index contributed by atoms with van der Waals surface area (Å²) in [5.74, 6) is -1.42. The van der Waals surface area contributed by atoms with Crippen molar-refractivity contribution in [2.24, 2.45) is 0 Å². The van der Waals surface area contributed by atoms with Gasteiger partial charge in [-0.3, -0.25) is 9.59 Å². The number of nitrogens with one attached hydrogen (secondary N) is 2. The average molecular weight is 484 g/mol. The molecule has 0 spiro atoms. The zero-order valence-corrected chi connectivity index (χ0v) is 19.2. The van der Waals surface area contributed by atoms with Crippen LogP contribution in [0.5, 0.6) is 0 Å². The molecule has 1 atom stereocenters. The van der Waals surface area contributed by atoms with E-state index in [2.05, 4.69) is 15.6 Å². The van der Waals surface area contributed by atoms with Gasteiger partial charge in [0, 0.05) is 16.8 Å². The van der Waals surface area contributed by atoms with Crippen molar-refractivity contribution in [1.29, 1.82) is 0 Å². The maximum Gasteiger partial charge on any atom is 0.336 e. The van der Waals surface area contributed by atoms with Gasteiger partial charge in [0.25, 0.3) is 5.91 Å². The number of carboxylic acids is 1. The Kier molecular flexibility index (Phi) is 7.54. The smallest absolute Gasteiger partial charge is 0.336 e. The number of thioether (sulfide) groups is 1. The number of aromatic nitrogens is 1. The van der Waals surface area contributed by atoms with Crippen molar-refractivity contribution in [3.8, 4) is 0 Å².